The smallest absolute Gasteiger partial charge is 0.0404 e. The number of rotatable bonds is 4. The van der Waals surface area contributed by atoms with Crippen molar-refractivity contribution in [1.29, 1.82) is 0 Å². The van der Waals surface area contributed by atoms with E-state index in [1.807, 2.05) is 12.2 Å². The van der Waals surface area contributed by atoms with Crippen LogP contribution in [0.25, 0.3) is 0 Å². The molecule has 0 unspecified atom stereocenters. The van der Waals surface area contributed by atoms with Crippen molar-refractivity contribution in [3.63, 3.8) is 0 Å². The third-order valence-electron chi connectivity index (χ3n) is 0.817. The summed E-state index contributed by atoms with van der Waals surface area (Å²) in [5, 5.41) is 0. The van der Waals surface area contributed by atoms with Crippen LogP contribution in [0.2, 0.25) is 0 Å². The molecule has 0 bridgehead atoms. The first-order valence-corrected chi connectivity index (χ1v) is 3.49. The van der Waals surface area contributed by atoms with Gasteiger partial charge < -0.3 is 0 Å². The van der Waals surface area contributed by atoms with Crippen LogP contribution in [0.15, 0.2) is 12.2 Å². The maximum absolute atomic E-state index is 5.37. The lowest BCUT2D eigenvalue weighted by Gasteiger charge is -1.84. The van der Waals surface area contributed by atoms with E-state index in [2.05, 4.69) is 13.3 Å². The number of allylic oxidation sites excluding steroid dienone is 2. The molecule has 0 aliphatic rings. The van der Waals surface area contributed by atoms with Gasteiger partial charge in [0, 0.05) is 5.88 Å². The molecule has 0 saturated carbocycles. The molecule has 1 heteroatoms. The van der Waals surface area contributed by atoms with E-state index in [0.717, 1.165) is 6.42 Å². The van der Waals surface area contributed by atoms with Gasteiger partial charge in [0.25, 0.3) is 0 Å². The normalized spacial score (nSPS) is 10.8. The van der Waals surface area contributed by atoms with Gasteiger partial charge in [-0.2, -0.15) is 0 Å². The van der Waals surface area contributed by atoms with Crippen LogP contribution in [0.1, 0.15) is 19.8 Å². The van der Waals surface area contributed by atoms with Crippen LogP contribution in [-0.2, 0) is 0 Å². The molecule has 0 nitrogen and oxygen atoms in total. The van der Waals surface area contributed by atoms with E-state index >= 15 is 0 Å². The van der Waals surface area contributed by atoms with Gasteiger partial charge in [0.05, 0.1) is 0 Å². The summed E-state index contributed by atoms with van der Waals surface area (Å²) in [6.45, 7) is 2.16. The van der Waals surface area contributed by atoms with Crippen LogP contribution in [-0.4, -0.2) is 5.88 Å². The molecule has 0 N–H and O–H groups in total. The van der Waals surface area contributed by atoms with Crippen LogP contribution in [0, 0.1) is 6.42 Å². The van der Waals surface area contributed by atoms with E-state index in [1.165, 1.54) is 6.42 Å². The molecule has 47 valence electrons. The lowest BCUT2D eigenvalue weighted by atomic mass is 10.2. The third-order valence-corrected chi connectivity index (χ3v) is 0.995. The fourth-order valence-corrected chi connectivity index (χ4v) is 0.513. The first-order chi connectivity index (χ1) is 3.91. The second-order valence-electron chi connectivity index (χ2n) is 1.61. The molecule has 0 saturated heterocycles. The number of unbranched alkanes of at least 4 members (excludes halogenated alkanes) is 2. The zero-order chi connectivity index (χ0) is 6.24. The standard InChI is InChI=1S/C7H12Cl/c1-2-3-4-5-6-7-8/h4-6H,2-3,7H2,1H3. The van der Waals surface area contributed by atoms with Crippen molar-refractivity contribution in [3.05, 3.63) is 18.6 Å². The number of hydrogen-bond acceptors (Lipinski definition) is 0. The van der Waals surface area contributed by atoms with E-state index < -0.39 is 0 Å². The molecule has 0 aromatic rings. The van der Waals surface area contributed by atoms with Crippen LogP contribution >= 0.6 is 11.6 Å². The Morgan fingerprint density at radius 2 is 2.25 bits per heavy atom. The van der Waals surface area contributed by atoms with Gasteiger partial charge in [-0.05, 0) is 12.8 Å². The Hall–Kier alpha value is 0.0300. The highest BCUT2D eigenvalue weighted by Crippen LogP contribution is 1.92. The Bertz CT molecular complexity index is 57.4. The Morgan fingerprint density at radius 1 is 1.50 bits per heavy atom. The van der Waals surface area contributed by atoms with E-state index in [0.29, 0.717) is 5.88 Å². The second-order valence-corrected chi connectivity index (χ2v) is 1.92. The molecule has 8 heavy (non-hydrogen) atoms. The Kier molecular flexibility index (Phi) is 7.06. The van der Waals surface area contributed by atoms with Crippen molar-refractivity contribution >= 4 is 11.6 Å². The van der Waals surface area contributed by atoms with E-state index in [1.54, 1.807) is 0 Å². The zero-order valence-corrected chi connectivity index (χ0v) is 5.99. The number of alkyl halides is 1. The van der Waals surface area contributed by atoms with Crippen molar-refractivity contribution < 1.29 is 0 Å². The summed E-state index contributed by atoms with van der Waals surface area (Å²) in [6, 6.07) is 0. The molecular weight excluding hydrogens is 120 g/mol. The van der Waals surface area contributed by atoms with Crippen molar-refractivity contribution in [2.24, 2.45) is 0 Å². The quantitative estimate of drug-likeness (QED) is 0.407. The molecule has 1 radical (unpaired) electrons. The lowest BCUT2D eigenvalue weighted by molar-refractivity contribution is 0.922. The van der Waals surface area contributed by atoms with E-state index in [4.69, 9.17) is 11.6 Å². The fraction of sp³-hybridized carbons (Fsp3) is 0.571. The third kappa shape index (κ3) is 6.03. The van der Waals surface area contributed by atoms with Crippen molar-refractivity contribution in [1.82, 2.24) is 0 Å². The highest BCUT2D eigenvalue weighted by molar-refractivity contribution is 6.18. The van der Waals surface area contributed by atoms with Crippen LogP contribution in [0.5, 0.6) is 0 Å². The molecule has 0 aromatic carbocycles. The van der Waals surface area contributed by atoms with Gasteiger partial charge in [-0.1, -0.05) is 25.5 Å². The zero-order valence-electron chi connectivity index (χ0n) is 5.23. The topological polar surface area (TPSA) is 0 Å². The van der Waals surface area contributed by atoms with Gasteiger partial charge in [0.2, 0.25) is 0 Å². The molecule has 0 spiro atoms. The molecule has 0 aliphatic carbocycles. The fourth-order valence-electron chi connectivity index (χ4n) is 0.411. The van der Waals surface area contributed by atoms with Crippen molar-refractivity contribution in [2.75, 3.05) is 5.88 Å². The minimum absolute atomic E-state index is 0.625. The average Bonchev–Trinajstić information content (AvgIpc) is 1.81. The molecule has 0 aromatic heterocycles. The minimum Gasteiger partial charge on any atom is -0.122 e. The molecule has 0 heterocycles. The highest BCUT2D eigenvalue weighted by Gasteiger charge is 1.75. The molecule has 0 amide bonds. The predicted octanol–water partition coefficient (Wildman–Crippen LogP) is 2.79. The van der Waals surface area contributed by atoms with E-state index in [9.17, 15) is 0 Å². The Labute approximate surface area is 56.5 Å². The van der Waals surface area contributed by atoms with E-state index in [-0.39, 0.29) is 0 Å². The van der Waals surface area contributed by atoms with Crippen LogP contribution in [0.4, 0.5) is 0 Å². The summed E-state index contributed by atoms with van der Waals surface area (Å²) in [5.74, 6) is 0.625. The van der Waals surface area contributed by atoms with Gasteiger partial charge in [0.1, 0.15) is 0 Å². The van der Waals surface area contributed by atoms with Gasteiger partial charge in [-0.3, -0.25) is 0 Å². The van der Waals surface area contributed by atoms with Crippen molar-refractivity contribution in [3.8, 4) is 0 Å². The van der Waals surface area contributed by atoms with Gasteiger partial charge in [-0.25, -0.2) is 0 Å². The minimum atomic E-state index is 0.625. The SMILES string of the molecule is CCC[CH]C=CCCl. The van der Waals surface area contributed by atoms with Crippen LogP contribution in [0.3, 0.4) is 0 Å². The summed E-state index contributed by atoms with van der Waals surface area (Å²) in [6.07, 6.45) is 8.45. The maximum Gasteiger partial charge on any atom is 0.0404 e. The summed E-state index contributed by atoms with van der Waals surface area (Å²) in [7, 11) is 0. The molecule has 0 rings (SSSR count). The summed E-state index contributed by atoms with van der Waals surface area (Å²) in [4.78, 5) is 0. The monoisotopic (exact) mass is 131 g/mol. The second kappa shape index (κ2) is 7.03. The van der Waals surface area contributed by atoms with Crippen LogP contribution < -0.4 is 0 Å². The first kappa shape index (κ1) is 8.03. The average molecular weight is 132 g/mol. The van der Waals surface area contributed by atoms with Gasteiger partial charge in [0.15, 0.2) is 0 Å². The largest absolute Gasteiger partial charge is 0.122 e. The maximum atomic E-state index is 5.37. The van der Waals surface area contributed by atoms with Crippen molar-refractivity contribution in [2.45, 2.75) is 19.8 Å². The first-order valence-electron chi connectivity index (χ1n) is 2.96. The Balaban J connectivity index is 2.80. The molecule has 0 atom stereocenters. The molecule has 0 aliphatic heterocycles. The summed E-state index contributed by atoms with van der Waals surface area (Å²) < 4.78 is 0. The Morgan fingerprint density at radius 3 is 2.75 bits per heavy atom. The molecule has 0 fully saturated rings. The highest BCUT2D eigenvalue weighted by atomic mass is 35.5. The number of hydrogen-bond donors (Lipinski definition) is 0. The summed E-state index contributed by atoms with van der Waals surface area (Å²) >= 11 is 5.37. The lowest BCUT2D eigenvalue weighted by Crippen LogP contribution is -1.68. The molecular formula is C7H12Cl. The summed E-state index contributed by atoms with van der Waals surface area (Å²) in [5.41, 5.74) is 0. The number of halogens is 1. The predicted molar refractivity (Wildman–Crippen MR) is 39.1 cm³/mol. The van der Waals surface area contributed by atoms with Gasteiger partial charge in [-0.15, -0.1) is 11.6 Å². The van der Waals surface area contributed by atoms with Gasteiger partial charge >= 0.3 is 0 Å².